The maximum Gasteiger partial charge on any atom is 0.0594 e. The Morgan fingerprint density at radius 1 is 1.23 bits per heavy atom. The molecule has 1 aromatic heterocycles. The van der Waals surface area contributed by atoms with E-state index in [4.69, 9.17) is 4.74 Å². The van der Waals surface area contributed by atoms with Crippen molar-refractivity contribution >= 4 is 0 Å². The van der Waals surface area contributed by atoms with Crippen LogP contribution >= 0.6 is 0 Å². The predicted molar refractivity (Wildman–Crippen MR) is 87.8 cm³/mol. The van der Waals surface area contributed by atoms with E-state index in [1.165, 1.54) is 31.5 Å². The third-order valence-electron chi connectivity index (χ3n) is 5.35. The van der Waals surface area contributed by atoms with Crippen molar-refractivity contribution in [3.8, 4) is 0 Å². The molecule has 3 heterocycles. The van der Waals surface area contributed by atoms with Crippen LogP contribution in [0.5, 0.6) is 0 Å². The van der Waals surface area contributed by atoms with Gasteiger partial charge in [0.25, 0.3) is 0 Å². The van der Waals surface area contributed by atoms with Crippen molar-refractivity contribution in [1.29, 1.82) is 0 Å². The van der Waals surface area contributed by atoms with Crippen molar-refractivity contribution in [3.05, 3.63) is 18.0 Å². The van der Waals surface area contributed by atoms with Crippen LogP contribution in [0.3, 0.4) is 0 Å². The normalized spacial score (nSPS) is 23.7. The molecule has 2 aliphatic rings. The van der Waals surface area contributed by atoms with Crippen molar-refractivity contribution in [3.63, 3.8) is 0 Å². The molecule has 0 aliphatic carbocycles. The Hall–Kier alpha value is -0.910. The van der Waals surface area contributed by atoms with Crippen LogP contribution in [0.2, 0.25) is 0 Å². The summed E-state index contributed by atoms with van der Waals surface area (Å²) in [5.74, 6) is 0.840. The van der Waals surface area contributed by atoms with Gasteiger partial charge in [-0.1, -0.05) is 0 Å². The first-order valence-corrected chi connectivity index (χ1v) is 8.81. The molecule has 2 fully saturated rings. The summed E-state index contributed by atoms with van der Waals surface area (Å²) >= 11 is 0. The smallest absolute Gasteiger partial charge is 0.0594 e. The van der Waals surface area contributed by atoms with E-state index in [1.54, 1.807) is 0 Å². The predicted octanol–water partition coefficient (Wildman–Crippen LogP) is 1.84. The summed E-state index contributed by atoms with van der Waals surface area (Å²) in [7, 11) is 0. The van der Waals surface area contributed by atoms with Gasteiger partial charge in [-0.25, -0.2) is 0 Å². The van der Waals surface area contributed by atoms with E-state index >= 15 is 0 Å². The fourth-order valence-electron chi connectivity index (χ4n) is 3.80. The van der Waals surface area contributed by atoms with Crippen LogP contribution in [-0.4, -0.2) is 65.0 Å². The van der Waals surface area contributed by atoms with Gasteiger partial charge in [-0.3, -0.25) is 14.5 Å². The molecule has 22 heavy (non-hydrogen) atoms. The molecule has 5 nitrogen and oxygen atoms in total. The van der Waals surface area contributed by atoms with Gasteiger partial charge in [-0.05, 0) is 45.7 Å². The van der Waals surface area contributed by atoms with Crippen LogP contribution < -0.4 is 0 Å². The number of hydrogen-bond acceptors (Lipinski definition) is 4. The molecule has 2 saturated heterocycles. The van der Waals surface area contributed by atoms with Gasteiger partial charge in [0.2, 0.25) is 0 Å². The molecule has 0 saturated carbocycles. The van der Waals surface area contributed by atoms with Gasteiger partial charge < -0.3 is 4.74 Å². The van der Waals surface area contributed by atoms with E-state index in [9.17, 15) is 0 Å². The molecular formula is C17H30N4O. The number of hydrogen-bond donors (Lipinski definition) is 0. The van der Waals surface area contributed by atoms with Gasteiger partial charge in [0, 0.05) is 44.0 Å². The van der Waals surface area contributed by atoms with Crippen LogP contribution in [0.25, 0.3) is 0 Å². The Bertz CT molecular complexity index is 447. The summed E-state index contributed by atoms with van der Waals surface area (Å²) in [5.41, 5.74) is 1.35. The average Bonchev–Trinajstić information content (AvgIpc) is 3.03. The third-order valence-corrected chi connectivity index (χ3v) is 5.35. The Kier molecular flexibility index (Phi) is 5.50. The van der Waals surface area contributed by atoms with Crippen molar-refractivity contribution < 1.29 is 4.74 Å². The largest absolute Gasteiger partial charge is 0.379 e. The first-order chi connectivity index (χ1) is 10.8. The Morgan fingerprint density at radius 2 is 1.95 bits per heavy atom. The molecule has 5 heteroatoms. The molecule has 1 aromatic rings. The van der Waals surface area contributed by atoms with Gasteiger partial charge in [0.15, 0.2) is 0 Å². The van der Waals surface area contributed by atoms with Crippen LogP contribution in [0.4, 0.5) is 0 Å². The molecule has 0 bridgehead atoms. The highest BCUT2D eigenvalue weighted by Crippen LogP contribution is 2.25. The maximum absolute atomic E-state index is 5.47. The number of morpholine rings is 1. The van der Waals surface area contributed by atoms with E-state index in [0.29, 0.717) is 6.04 Å². The number of rotatable bonds is 5. The minimum atomic E-state index is 0.703. The lowest BCUT2D eigenvalue weighted by Crippen LogP contribution is -2.48. The van der Waals surface area contributed by atoms with Crippen molar-refractivity contribution in [1.82, 2.24) is 19.6 Å². The van der Waals surface area contributed by atoms with Gasteiger partial charge in [-0.2, -0.15) is 5.10 Å². The zero-order valence-electron chi connectivity index (χ0n) is 14.1. The summed E-state index contributed by atoms with van der Waals surface area (Å²) in [6.45, 7) is 13.0. The molecule has 0 N–H and O–H groups in total. The lowest BCUT2D eigenvalue weighted by molar-refractivity contribution is -0.00192. The zero-order chi connectivity index (χ0) is 15.4. The number of ether oxygens (including phenoxy) is 1. The number of aromatic nitrogens is 2. The zero-order valence-corrected chi connectivity index (χ0v) is 14.1. The molecular weight excluding hydrogens is 276 g/mol. The second kappa shape index (κ2) is 7.57. The van der Waals surface area contributed by atoms with E-state index in [1.807, 2.05) is 10.9 Å². The minimum absolute atomic E-state index is 0.703. The first-order valence-electron chi connectivity index (χ1n) is 8.81. The lowest BCUT2D eigenvalue weighted by atomic mass is 9.89. The van der Waals surface area contributed by atoms with E-state index in [2.05, 4.69) is 34.9 Å². The van der Waals surface area contributed by atoms with Gasteiger partial charge in [0.05, 0.1) is 19.4 Å². The van der Waals surface area contributed by atoms with Crippen molar-refractivity contribution in [2.75, 3.05) is 39.4 Å². The second-order valence-electron chi connectivity index (χ2n) is 6.71. The van der Waals surface area contributed by atoms with E-state index in [0.717, 1.165) is 45.3 Å². The van der Waals surface area contributed by atoms with E-state index in [-0.39, 0.29) is 0 Å². The molecule has 3 rings (SSSR count). The molecule has 1 unspecified atom stereocenters. The first kappa shape index (κ1) is 16.0. The van der Waals surface area contributed by atoms with E-state index < -0.39 is 0 Å². The molecule has 0 spiro atoms. The fraction of sp³-hybridized carbons (Fsp3) is 0.824. The quantitative estimate of drug-likeness (QED) is 0.831. The van der Waals surface area contributed by atoms with Gasteiger partial charge in [-0.15, -0.1) is 0 Å². The fourth-order valence-corrected chi connectivity index (χ4v) is 3.80. The van der Waals surface area contributed by atoms with Gasteiger partial charge >= 0.3 is 0 Å². The monoisotopic (exact) mass is 306 g/mol. The standard InChI is InChI=1S/C17H30N4O/c1-3-21-14-16(12-18-21)13-19-6-4-17(5-7-19)15(2)20-8-10-22-11-9-20/h12,14-15,17H,3-11,13H2,1-2H3. The molecule has 2 aliphatic heterocycles. The summed E-state index contributed by atoms with van der Waals surface area (Å²) in [5, 5.41) is 4.38. The summed E-state index contributed by atoms with van der Waals surface area (Å²) in [6.07, 6.45) is 6.84. The molecule has 0 aromatic carbocycles. The second-order valence-corrected chi connectivity index (χ2v) is 6.71. The average molecular weight is 306 g/mol. The summed E-state index contributed by atoms with van der Waals surface area (Å²) in [6, 6.07) is 0.703. The van der Waals surface area contributed by atoms with Crippen LogP contribution in [-0.2, 0) is 17.8 Å². The van der Waals surface area contributed by atoms with Crippen LogP contribution in [0.1, 0.15) is 32.3 Å². The number of nitrogens with zero attached hydrogens (tertiary/aromatic N) is 4. The minimum Gasteiger partial charge on any atom is -0.379 e. The van der Waals surface area contributed by atoms with Crippen molar-refractivity contribution in [2.24, 2.45) is 5.92 Å². The molecule has 0 radical (unpaired) electrons. The SMILES string of the molecule is CCn1cc(CN2CCC(C(C)N3CCOCC3)CC2)cn1. The Morgan fingerprint density at radius 3 is 2.59 bits per heavy atom. The van der Waals surface area contributed by atoms with Crippen molar-refractivity contribution in [2.45, 2.75) is 45.8 Å². The molecule has 0 amide bonds. The Balaban J connectivity index is 1.45. The topological polar surface area (TPSA) is 33.5 Å². The van der Waals surface area contributed by atoms with Crippen LogP contribution in [0.15, 0.2) is 12.4 Å². The number of aryl methyl sites for hydroxylation is 1. The lowest BCUT2D eigenvalue weighted by Gasteiger charge is -2.41. The number of likely N-dealkylation sites (tertiary alicyclic amines) is 1. The molecule has 124 valence electrons. The summed E-state index contributed by atoms with van der Waals surface area (Å²) < 4.78 is 7.49. The van der Waals surface area contributed by atoms with Gasteiger partial charge in [0.1, 0.15) is 0 Å². The maximum atomic E-state index is 5.47. The highest BCUT2D eigenvalue weighted by molar-refractivity contribution is 5.04. The number of piperidine rings is 1. The Labute approximate surface area is 134 Å². The highest BCUT2D eigenvalue weighted by atomic mass is 16.5. The third kappa shape index (κ3) is 3.89. The summed E-state index contributed by atoms with van der Waals surface area (Å²) in [4.78, 5) is 5.20. The highest BCUT2D eigenvalue weighted by Gasteiger charge is 2.28. The molecule has 1 atom stereocenters. The van der Waals surface area contributed by atoms with Crippen LogP contribution in [0, 0.1) is 5.92 Å².